The minimum atomic E-state index is -2.37. The van der Waals surface area contributed by atoms with Gasteiger partial charge in [-0.05, 0) is 67.5 Å². The summed E-state index contributed by atoms with van der Waals surface area (Å²) in [4.78, 5) is 21.1. The molecule has 1 unspecified atom stereocenters. The Bertz CT molecular complexity index is 1970. The SMILES string of the molecule is [2H]C([2H])(Oc1cccc(C2=CCC(Cc3nc4ccc(C(=O)O)cc4n3C[C@@H]3CCO3)CC2)n1)c1ccc(Cl)c2cc(F)oc12. The Morgan fingerprint density at radius 3 is 2.84 bits per heavy atom. The van der Waals surface area contributed by atoms with E-state index in [0.717, 1.165) is 67.2 Å². The molecule has 5 aromatic rings. The van der Waals surface area contributed by atoms with Crippen LogP contribution in [0.5, 0.6) is 5.88 Å². The van der Waals surface area contributed by atoms with Crippen LogP contribution in [0.15, 0.2) is 65.1 Å². The number of hydrogen-bond acceptors (Lipinski definition) is 6. The van der Waals surface area contributed by atoms with Crippen LogP contribution in [-0.2, 0) is 24.3 Å². The lowest BCUT2D eigenvalue weighted by Gasteiger charge is -2.28. The normalized spacial score (nSPS) is 19.5. The van der Waals surface area contributed by atoms with Crippen molar-refractivity contribution >= 4 is 45.1 Å². The van der Waals surface area contributed by atoms with Gasteiger partial charge < -0.3 is 23.6 Å². The van der Waals surface area contributed by atoms with E-state index in [4.69, 9.17) is 33.2 Å². The second-order valence-corrected chi connectivity index (χ2v) is 11.4. The number of carboxylic acids is 1. The monoisotopic (exact) mass is 603 g/mol. The summed E-state index contributed by atoms with van der Waals surface area (Å²) in [5.74, 6) is 0.377. The van der Waals surface area contributed by atoms with Gasteiger partial charge >= 0.3 is 5.97 Å². The number of furan rings is 1. The van der Waals surface area contributed by atoms with E-state index in [9.17, 15) is 14.3 Å². The van der Waals surface area contributed by atoms with Crippen LogP contribution in [0.1, 0.15) is 55.9 Å². The summed E-state index contributed by atoms with van der Waals surface area (Å²) < 4.78 is 49.6. The van der Waals surface area contributed by atoms with Gasteiger partial charge in [0.1, 0.15) is 18.0 Å². The molecule has 8 nitrogen and oxygen atoms in total. The van der Waals surface area contributed by atoms with Crippen molar-refractivity contribution in [3.8, 4) is 5.88 Å². The number of rotatable bonds is 9. The average Bonchev–Trinajstić information content (AvgIpc) is 3.54. The maximum Gasteiger partial charge on any atom is 0.335 e. The van der Waals surface area contributed by atoms with E-state index in [1.54, 1.807) is 30.3 Å². The highest BCUT2D eigenvalue weighted by molar-refractivity contribution is 6.35. The number of fused-ring (bicyclic) bond motifs is 2. The Kier molecular flexibility index (Phi) is 6.75. The molecule has 1 saturated heterocycles. The van der Waals surface area contributed by atoms with Crippen molar-refractivity contribution < 1.29 is 30.9 Å². The van der Waals surface area contributed by atoms with Gasteiger partial charge in [0.15, 0.2) is 0 Å². The molecule has 1 aliphatic heterocycles. The Hall–Kier alpha value is -4.21. The number of halogens is 2. The lowest BCUT2D eigenvalue weighted by Crippen LogP contribution is -2.32. The molecule has 7 rings (SSSR count). The second-order valence-electron chi connectivity index (χ2n) is 11.0. The molecule has 2 atom stereocenters. The lowest BCUT2D eigenvalue weighted by atomic mass is 9.86. The van der Waals surface area contributed by atoms with Gasteiger partial charge in [0.2, 0.25) is 5.88 Å². The highest BCUT2D eigenvalue weighted by Crippen LogP contribution is 2.34. The number of carboxylic acid groups (broad SMARTS) is 1. The maximum atomic E-state index is 13.8. The number of allylic oxidation sites excluding steroid dienone is 2. The molecular weight excluding hydrogens is 573 g/mol. The molecule has 220 valence electrons. The maximum absolute atomic E-state index is 13.8. The summed E-state index contributed by atoms with van der Waals surface area (Å²) in [5, 5.41) is 10.0. The fraction of sp³-hybridized carbons (Fsp3) is 0.303. The number of nitrogens with zero attached hydrogens (tertiary/aromatic N) is 3. The van der Waals surface area contributed by atoms with Crippen molar-refractivity contribution in [3.63, 3.8) is 0 Å². The summed E-state index contributed by atoms with van der Waals surface area (Å²) in [6.45, 7) is -0.988. The first-order valence-corrected chi connectivity index (χ1v) is 14.6. The number of imidazole rings is 1. The van der Waals surface area contributed by atoms with E-state index >= 15 is 0 Å². The number of ether oxygens (including phenoxy) is 2. The van der Waals surface area contributed by atoms with Crippen molar-refractivity contribution in [1.82, 2.24) is 14.5 Å². The Labute approximate surface area is 254 Å². The minimum Gasteiger partial charge on any atom is -0.478 e. The van der Waals surface area contributed by atoms with Crippen LogP contribution in [0.2, 0.25) is 5.02 Å². The third-order valence-electron chi connectivity index (χ3n) is 8.16. The number of aromatic carboxylic acids is 1. The second kappa shape index (κ2) is 11.5. The molecule has 3 aromatic heterocycles. The first-order chi connectivity index (χ1) is 21.6. The summed E-state index contributed by atoms with van der Waals surface area (Å²) in [7, 11) is 0. The standard InChI is InChI=1S/C33H29ClFN3O5/c34-25-10-8-22(32-24(25)16-29(35)43-32)18-42-31-3-1-2-26(37-31)20-6-4-19(5-7-20)14-30-36-27-11-9-21(33(39)40)15-28(27)38(30)17-23-12-13-41-23/h1-3,6,8-11,15-16,19,23H,4-5,7,12-14,17-18H2,(H,39,40)/t19?,23-/m0/s1/i18D2. The van der Waals surface area contributed by atoms with E-state index in [-0.39, 0.29) is 39.1 Å². The fourth-order valence-corrected chi connectivity index (χ4v) is 5.96. The predicted molar refractivity (Wildman–Crippen MR) is 160 cm³/mol. The van der Waals surface area contributed by atoms with Crippen LogP contribution in [0.3, 0.4) is 0 Å². The Morgan fingerprint density at radius 1 is 1.19 bits per heavy atom. The first kappa shape index (κ1) is 25.3. The summed E-state index contributed by atoms with van der Waals surface area (Å²) in [6.07, 6.45) is 6.45. The molecule has 0 radical (unpaired) electrons. The molecule has 2 aliphatic rings. The number of carbonyl (C=O) groups is 1. The molecule has 0 amide bonds. The summed E-state index contributed by atoms with van der Waals surface area (Å²) in [6, 6.07) is 13.4. The zero-order chi connectivity index (χ0) is 31.3. The molecule has 2 aromatic carbocycles. The van der Waals surface area contributed by atoms with E-state index < -0.39 is 18.5 Å². The first-order valence-electron chi connectivity index (χ1n) is 15.2. The predicted octanol–water partition coefficient (Wildman–Crippen LogP) is 7.46. The van der Waals surface area contributed by atoms with Gasteiger partial charge in [0.25, 0.3) is 6.01 Å². The molecule has 4 heterocycles. The van der Waals surface area contributed by atoms with Gasteiger partial charge in [0.05, 0.1) is 42.7 Å². The number of hydrogen-bond donors (Lipinski definition) is 1. The Balaban J connectivity index is 1.08. The largest absolute Gasteiger partial charge is 0.478 e. The van der Waals surface area contributed by atoms with Crippen LogP contribution in [0.25, 0.3) is 27.6 Å². The number of aromatic nitrogens is 3. The molecule has 1 fully saturated rings. The van der Waals surface area contributed by atoms with Crippen molar-refractivity contribution in [1.29, 1.82) is 0 Å². The highest BCUT2D eigenvalue weighted by atomic mass is 35.5. The van der Waals surface area contributed by atoms with Crippen LogP contribution >= 0.6 is 11.6 Å². The molecule has 0 saturated carbocycles. The van der Waals surface area contributed by atoms with Crippen molar-refractivity contribution in [2.24, 2.45) is 5.92 Å². The Morgan fingerprint density at radius 2 is 2.07 bits per heavy atom. The van der Waals surface area contributed by atoms with Gasteiger partial charge in [-0.15, -0.1) is 0 Å². The molecule has 43 heavy (non-hydrogen) atoms. The zero-order valence-corrected chi connectivity index (χ0v) is 23.8. The van der Waals surface area contributed by atoms with Crippen LogP contribution in [0.4, 0.5) is 4.39 Å². The summed E-state index contributed by atoms with van der Waals surface area (Å²) >= 11 is 6.15. The van der Waals surface area contributed by atoms with Gasteiger partial charge in [-0.25, -0.2) is 14.8 Å². The van der Waals surface area contributed by atoms with Gasteiger partial charge in [0, 0.05) is 36.1 Å². The average molecular weight is 604 g/mol. The number of pyridine rings is 1. The van der Waals surface area contributed by atoms with Gasteiger partial charge in [-0.2, -0.15) is 4.39 Å². The fourth-order valence-electron chi connectivity index (χ4n) is 5.76. The number of benzene rings is 2. The molecule has 10 heteroatoms. The van der Waals surface area contributed by atoms with Crippen LogP contribution in [-0.4, -0.2) is 38.3 Å². The quantitative estimate of drug-likeness (QED) is 0.187. The minimum absolute atomic E-state index is 0.00630. The van der Waals surface area contributed by atoms with Crippen molar-refractivity contribution in [2.45, 2.75) is 51.3 Å². The van der Waals surface area contributed by atoms with Gasteiger partial charge in [-0.1, -0.05) is 29.8 Å². The smallest absolute Gasteiger partial charge is 0.335 e. The van der Waals surface area contributed by atoms with E-state index in [1.807, 2.05) is 6.07 Å². The van der Waals surface area contributed by atoms with Crippen molar-refractivity contribution in [2.75, 3.05) is 6.61 Å². The lowest BCUT2D eigenvalue weighted by molar-refractivity contribution is -0.0590. The zero-order valence-electron chi connectivity index (χ0n) is 25.1. The third kappa shape index (κ3) is 5.62. The topological polar surface area (TPSA) is 99.6 Å². The van der Waals surface area contributed by atoms with E-state index in [1.165, 1.54) is 12.1 Å². The molecule has 1 aliphatic carbocycles. The van der Waals surface area contributed by atoms with Gasteiger partial charge in [-0.3, -0.25) is 0 Å². The third-order valence-corrected chi connectivity index (χ3v) is 8.49. The van der Waals surface area contributed by atoms with E-state index in [0.29, 0.717) is 18.2 Å². The molecular formula is C33H29ClFN3O5. The molecule has 1 N–H and O–H groups in total. The summed E-state index contributed by atoms with van der Waals surface area (Å²) in [5.41, 5.74) is 3.55. The molecule has 0 spiro atoms. The highest BCUT2D eigenvalue weighted by Gasteiger charge is 2.25. The van der Waals surface area contributed by atoms with Crippen LogP contribution in [0, 0.1) is 11.9 Å². The van der Waals surface area contributed by atoms with Crippen molar-refractivity contribution in [3.05, 3.63) is 94.4 Å². The van der Waals surface area contributed by atoms with E-state index in [2.05, 4.69) is 15.6 Å². The van der Waals surface area contributed by atoms with Crippen LogP contribution < -0.4 is 4.74 Å². The molecule has 0 bridgehead atoms.